The summed E-state index contributed by atoms with van der Waals surface area (Å²) >= 11 is 5.77. The van der Waals surface area contributed by atoms with Gasteiger partial charge in [-0.15, -0.1) is 0 Å². The van der Waals surface area contributed by atoms with Crippen LogP contribution in [0, 0.1) is 11.2 Å². The zero-order valence-electron chi connectivity index (χ0n) is 11.1. The monoisotopic (exact) mass is 321 g/mol. The van der Waals surface area contributed by atoms with Crippen LogP contribution in [0.4, 0.5) is 4.39 Å². The van der Waals surface area contributed by atoms with Gasteiger partial charge in [-0.2, -0.15) is 0 Å². The van der Waals surface area contributed by atoms with Crippen molar-refractivity contribution in [3.05, 3.63) is 28.5 Å². The number of rotatable bonds is 6. The minimum absolute atomic E-state index is 0.0158. The van der Waals surface area contributed by atoms with E-state index in [0.717, 1.165) is 25.3 Å². The zero-order valence-corrected chi connectivity index (χ0v) is 12.7. The largest absolute Gasteiger partial charge is 0.392 e. The van der Waals surface area contributed by atoms with Crippen LogP contribution >= 0.6 is 11.6 Å². The van der Waals surface area contributed by atoms with Gasteiger partial charge < -0.3 is 5.11 Å². The van der Waals surface area contributed by atoms with Gasteiger partial charge in [-0.3, -0.25) is 0 Å². The third-order valence-electron chi connectivity index (χ3n) is 3.88. The molecule has 1 aromatic carbocycles. The van der Waals surface area contributed by atoms with E-state index in [-0.39, 0.29) is 16.0 Å². The molecule has 0 unspecified atom stereocenters. The highest BCUT2D eigenvalue weighted by Crippen LogP contribution is 2.48. The van der Waals surface area contributed by atoms with E-state index in [0.29, 0.717) is 6.54 Å². The molecule has 0 atom stereocenters. The second-order valence-corrected chi connectivity index (χ2v) is 7.39. The quantitative estimate of drug-likeness (QED) is 0.845. The van der Waals surface area contributed by atoms with Crippen molar-refractivity contribution in [2.75, 3.05) is 6.54 Å². The Hall–Kier alpha value is -0.690. The van der Waals surface area contributed by atoms with Gasteiger partial charge in [-0.05, 0) is 36.8 Å². The maximum atomic E-state index is 14.0. The molecular formula is C13H17ClFNO3S. The normalized spacial score (nSPS) is 17.2. The molecule has 0 aliphatic heterocycles. The van der Waals surface area contributed by atoms with Crippen LogP contribution in [0.2, 0.25) is 5.02 Å². The number of aliphatic hydroxyl groups is 1. The van der Waals surface area contributed by atoms with Crippen LogP contribution in [0.1, 0.15) is 31.7 Å². The number of hydrogen-bond donors (Lipinski definition) is 2. The second kappa shape index (κ2) is 5.60. The lowest BCUT2D eigenvalue weighted by Crippen LogP contribution is -2.31. The maximum absolute atomic E-state index is 14.0. The Labute approximate surface area is 123 Å². The van der Waals surface area contributed by atoms with E-state index in [1.54, 1.807) is 0 Å². The number of nitrogens with one attached hydrogen (secondary N) is 1. The highest BCUT2D eigenvalue weighted by molar-refractivity contribution is 7.89. The first kappa shape index (κ1) is 15.7. The Morgan fingerprint density at radius 2 is 2.10 bits per heavy atom. The summed E-state index contributed by atoms with van der Waals surface area (Å²) < 4.78 is 40.8. The van der Waals surface area contributed by atoms with Crippen molar-refractivity contribution in [3.8, 4) is 0 Å². The van der Waals surface area contributed by atoms with Crippen molar-refractivity contribution < 1.29 is 17.9 Å². The first-order valence-electron chi connectivity index (χ1n) is 6.42. The van der Waals surface area contributed by atoms with Gasteiger partial charge in [-0.25, -0.2) is 17.5 Å². The summed E-state index contributed by atoms with van der Waals surface area (Å²) in [7, 11) is -3.97. The van der Waals surface area contributed by atoms with E-state index < -0.39 is 27.3 Å². The van der Waals surface area contributed by atoms with Crippen molar-refractivity contribution in [2.24, 2.45) is 5.41 Å². The molecule has 2 N–H and O–H groups in total. The van der Waals surface area contributed by atoms with Gasteiger partial charge in [0.05, 0.1) is 6.61 Å². The summed E-state index contributed by atoms with van der Waals surface area (Å²) in [5, 5.41) is 9.10. The number of aliphatic hydroxyl groups excluding tert-OH is 1. The Morgan fingerprint density at radius 1 is 1.45 bits per heavy atom. The first-order valence-corrected chi connectivity index (χ1v) is 8.28. The lowest BCUT2D eigenvalue weighted by atomic mass is 10.1. The van der Waals surface area contributed by atoms with Crippen LogP contribution in [0.5, 0.6) is 0 Å². The lowest BCUT2D eigenvalue weighted by Gasteiger charge is -2.15. The predicted molar refractivity (Wildman–Crippen MR) is 74.5 cm³/mol. The molecule has 0 saturated heterocycles. The summed E-state index contributed by atoms with van der Waals surface area (Å²) in [6.07, 6.45) is 2.84. The molecule has 0 radical (unpaired) electrons. The van der Waals surface area contributed by atoms with Crippen molar-refractivity contribution in [1.82, 2.24) is 4.72 Å². The Balaban J connectivity index is 2.27. The van der Waals surface area contributed by atoms with Crippen LogP contribution in [0.25, 0.3) is 0 Å². The number of halogens is 2. The molecule has 0 bridgehead atoms. The van der Waals surface area contributed by atoms with E-state index in [9.17, 15) is 12.8 Å². The topological polar surface area (TPSA) is 66.4 Å². The van der Waals surface area contributed by atoms with Crippen LogP contribution in [-0.4, -0.2) is 20.1 Å². The Kier molecular flexibility index (Phi) is 4.39. The summed E-state index contributed by atoms with van der Waals surface area (Å²) in [5.74, 6) is -0.953. The molecule has 0 aromatic heterocycles. The third-order valence-corrected chi connectivity index (χ3v) is 5.50. The van der Waals surface area contributed by atoms with E-state index >= 15 is 0 Å². The highest BCUT2D eigenvalue weighted by Gasteiger charge is 2.41. The van der Waals surface area contributed by atoms with Gasteiger partial charge in [-0.1, -0.05) is 18.5 Å². The van der Waals surface area contributed by atoms with Crippen LogP contribution in [0.3, 0.4) is 0 Å². The molecule has 20 heavy (non-hydrogen) atoms. The molecule has 1 fully saturated rings. The number of sulfonamides is 1. The highest BCUT2D eigenvalue weighted by atomic mass is 35.5. The van der Waals surface area contributed by atoms with Gasteiger partial charge in [0.15, 0.2) is 0 Å². The smallest absolute Gasteiger partial charge is 0.243 e. The fraction of sp³-hybridized carbons (Fsp3) is 0.538. The fourth-order valence-electron chi connectivity index (χ4n) is 2.09. The predicted octanol–water partition coefficient (Wildman–Crippen LogP) is 2.44. The third kappa shape index (κ3) is 3.14. The molecule has 1 aromatic rings. The maximum Gasteiger partial charge on any atom is 0.243 e. The Morgan fingerprint density at radius 3 is 2.60 bits per heavy atom. The van der Waals surface area contributed by atoms with Gasteiger partial charge >= 0.3 is 0 Å². The minimum atomic E-state index is -3.97. The average Bonchev–Trinajstić information content (AvgIpc) is 3.19. The molecule has 1 aliphatic carbocycles. The molecule has 1 saturated carbocycles. The van der Waals surface area contributed by atoms with Crippen LogP contribution < -0.4 is 4.72 Å². The molecule has 1 aliphatic rings. The first-order chi connectivity index (χ1) is 9.33. The summed E-state index contributed by atoms with van der Waals surface area (Å²) in [5.41, 5.74) is -0.114. The molecule has 7 heteroatoms. The number of benzene rings is 1. The summed E-state index contributed by atoms with van der Waals surface area (Å²) in [6.45, 7) is 1.70. The summed E-state index contributed by atoms with van der Waals surface area (Å²) in [6, 6.07) is 2.27. The van der Waals surface area contributed by atoms with Crippen molar-refractivity contribution >= 4 is 21.6 Å². The second-order valence-electron chi connectivity index (χ2n) is 5.21. The molecular weight excluding hydrogens is 305 g/mol. The van der Waals surface area contributed by atoms with Crippen LogP contribution in [-0.2, 0) is 16.6 Å². The van der Waals surface area contributed by atoms with Crippen molar-refractivity contribution in [1.29, 1.82) is 0 Å². The minimum Gasteiger partial charge on any atom is -0.392 e. The molecule has 0 heterocycles. The average molecular weight is 322 g/mol. The van der Waals surface area contributed by atoms with E-state index in [1.165, 1.54) is 6.07 Å². The van der Waals surface area contributed by atoms with E-state index in [2.05, 4.69) is 4.72 Å². The molecule has 4 nitrogen and oxygen atoms in total. The van der Waals surface area contributed by atoms with Gasteiger partial charge in [0.25, 0.3) is 0 Å². The van der Waals surface area contributed by atoms with E-state index in [4.69, 9.17) is 16.7 Å². The lowest BCUT2D eigenvalue weighted by molar-refractivity contribution is 0.274. The van der Waals surface area contributed by atoms with Crippen molar-refractivity contribution in [2.45, 2.75) is 37.7 Å². The molecule has 0 amide bonds. The van der Waals surface area contributed by atoms with E-state index in [1.807, 2.05) is 6.92 Å². The fourth-order valence-corrected chi connectivity index (χ4v) is 3.69. The SMILES string of the molecule is CCC1(CNS(=O)(=O)c2cc(Cl)cc(CO)c2F)CC1. The standard InChI is InChI=1S/C13H17ClFNO3S/c1-2-13(3-4-13)8-16-20(18,19)11-6-10(14)5-9(7-17)12(11)15/h5-6,16-17H,2-4,7-8H2,1H3. The van der Waals surface area contributed by atoms with Gasteiger partial charge in [0.1, 0.15) is 10.7 Å². The molecule has 112 valence electrons. The Bertz CT molecular complexity index is 614. The van der Waals surface area contributed by atoms with Gasteiger partial charge in [0.2, 0.25) is 10.0 Å². The zero-order chi connectivity index (χ0) is 15.0. The van der Waals surface area contributed by atoms with Gasteiger partial charge in [0, 0.05) is 17.1 Å². The summed E-state index contributed by atoms with van der Waals surface area (Å²) in [4.78, 5) is -0.513. The number of hydrogen-bond acceptors (Lipinski definition) is 3. The van der Waals surface area contributed by atoms with Crippen LogP contribution in [0.15, 0.2) is 17.0 Å². The molecule has 2 rings (SSSR count). The van der Waals surface area contributed by atoms with Crippen molar-refractivity contribution in [3.63, 3.8) is 0 Å². The molecule has 0 spiro atoms.